The molecular formula is C12H12N2O3. The van der Waals surface area contributed by atoms with Crippen LogP contribution in [0.3, 0.4) is 0 Å². The molecule has 5 nitrogen and oxygen atoms in total. The van der Waals surface area contributed by atoms with Gasteiger partial charge in [-0.05, 0) is 12.1 Å². The monoisotopic (exact) mass is 232 g/mol. The van der Waals surface area contributed by atoms with Crippen LogP contribution in [0, 0.1) is 0 Å². The summed E-state index contributed by atoms with van der Waals surface area (Å²) in [6, 6.07) is 6.56. The zero-order valence-electron chi connectivity index (χ0n) is 9.30. The fourth-order valence-electron chi connectivity index (χ4n) is 1.63. The van der Waals surface area contributed by atoms with Crippen molar-refractivity contribution in [3.05, 3.63) is 36.0 Å². The number of carbonyl (C=O) groups excluding carboxylic acids is 2. The molecule has 2 rings (SSSR count). The molecule has 5 heteroatoms. The van der Waals surface area contributed by atoms with Gasteiger partial charge in [0, 0.05) is 30.5 Å². The van der Waals surface area contributed by atoms with E-state index in [2.05, 4.69) is 5.32 Å². The van der Waals surface area contributed by atoms with Crippen molar-refractivity contribution in [1.29, 1.82) is 0 Å². The zero-order valence-corrected chi connectivity index (χ0v) is 9.30. The molecule has 1 aromatic carbocycles. The Kier molecular flexibility index (Phi) is 2.82. The van der Waals surface area contributed by atoms with Crippen LogP contribution in [0.5, 0.6) is 5.75 Å². The number of nitrogens with zero attached hydrogens (tertiary/aromatic N) is 1. The number of anilines is 1. The van der Waals surface area contributed by atoms with Gasteiger partial charge >= 0.3 is 0 Å². The minimum Gasteiger partial charge on any atom is -0.508 e. The van der Waals surface area contributed by atoms with E-state index in [0.29, 0.717) is 11.4 Å². The molecule has 1 aromatic rings. The maximum atomic E-state index is 11.4. The SMILES string of the molecule is CC(=O)N1CC(Nc2cccc(O)c2)=CC1=O. The fourth-order valence-corrected chi connectivity index (χ4v) is 1.63. The van der Waals surface area contributed by atoms with Crippen molar-refractivity contribution in [2.24, 2.45) is 0 Å². The smallest absolute Gasteiger partial charge is 0.255 e. The van der Waals surface area contributed by atoms with E-state index in [1.165, 1.54) is 13.0 Å². The van der Waals surface area contributed by atoms with Gasteiger partial charge in [0.1, 0.15) is 5.75 Å². The lowest BCUT2D eigenvalue weighted by Crippen LogP contribution is -2.31. The second-order valence-corrected chi connectivity index (χ2v) is 3.79. The summed E-state index contributed by atoms with van der Waals surface area (Å²) in [5.41, 5.74) is 1.31. The van der Waals surface area contributed by atoms with Crippen molar-refractivity contribution in [1.82, 2.24) is 4.90 Å². The van der Waals surface area contributed by atoms with Crippen LogP contribution >= 0.6 is 0 Å². The molecule has 1 aliphatic rings. The highest BCUT2D eigenvalue weighted by Crippen LogP contribution is 2.19. The number of hydrogen-bond donors (Lipinski definition) is 2. The van der Waals surface area contributed by atoms with Gasteiger partial charge in [-0.1, -0.05) is 6.07 Å². The first-order valence-electron chi connectivity index (χ1n) is 5.15. The van der Waals surface area contributed by atoms with E-state index in [1.807, 2.05) is 0 Å². The van der Waals surface area contributed by atoms with Crippen LogP contribution in [0.15, 0.2) is 36.0 Å². The van der Waals surface area contributed by atoms with E-state index < -0.39 is 0 Å². The van der Waals surface area contributed by atoms with Crippen molar-refractivity contribution >= 4 is 17.5 Å². The summed E-state index contributed by atoms with van der Waals surface area (Å²) in [4.78, 5) is 23.7. The molecule has 0 fully saturated rings. The quantitative estimate of drug-likeness (QED) is 0.800. The van der Waals surface area contributed by atoms with Gasteiger partial charge in [-0.15, -0.1) is 0 Å². The van der Waals surface area contributed by atoms with Crippen molar-refractivity contribution in [3.63, 3.8) is 0 Å². The summed E-state index contributed by atoms with van der Waals surface area (Å²) >= 11 is 0. The Balaban J connectivity index is 2.09. The number of aromatic hydroxyl groups is 1. The summed E-state index contributed by atoms with van der Waals surface area (Å²) in [6.45, 7) is 1.59. The van der Waals surface area contributed by atoms with E-state index in [9.17, 15) is 14.7 Å². The Morgan fingerprint density at radius 1 is 1.47 bits per heavy atom. The number of phenolic OH excluding ortho intramolecular Hbond substituents is 1. The van der Waals surface area contributed by atoms with E-state index in [1.54, 1.807) is 24.3 Å². The predicted molar refractivity (Wildman–Crippen MR) is 62.2 cm³/mol. The van der Waals surface area contributed by atoms with Gasteiger partial charge < -0.3 is 10.4 Å². The molecule has 2 N–H and O–H groups in total. The number of hydrogen-bond acceptors (Lipinski definition) is 4. The summed E-state index contributed by atoms with van der Waals surface area (Å²) in [6.07, 6.45) is 1.38. The van der Waals surface area contributed by atoms with Crippen molar-refractivity contribution < 1.29 is 14.7 Å². The first-order chi connectivity index (χ1) is 8.06. The number of carbonyl (C=O) groups is 2. The van der Waals surface area contributed by atoms with Gasteiger partial charge in [-0.3, -0.25) is 14.5 Å². The molecular weight excluding hydrogens is 220 g/mol. The maximum Gasteiger partial charge on any atom is 0.255 e. The van der Waals surface area contributed by atoms with Crippen molar-refractivity contribution in [2.75, 3.05) is 11.9 Å². The van der Waals surface area contributed by atoms with Gasteiger partial charge in [-0.25, -0.2) is 0 Å². The molecule has 88 valence electrons. The third kappa shape index (κ3) is 2.44. The van der Waals surface area contributed by atoms with Crippen LogP contribution in [0.1, 0.15) is 6.92 Å². The van der Waals surface area contributed by atoms with E-state index in [4.69, 9.17) is 0 Å². The van der Waals surface area contributed by atoms with Gasteiger partial charge in [0.05, 0.1) is 6.54 Å². The highest BCUT2D eigenvalue weighted by atomic mass is 16.3. The van der Waals surface area contributed by atoms with E-state index in [0.717, 1.165) is 4.90 Å². The van der Waals surface area contributed by atoms with Crippen LogP contribution in [0.2, 0.25) is 0 Å². The van der Waals surface area contributed by atoms with E-state index >= 15 is 0 Å². The number of nitrogens with one attached hydrogen (secondary N) is 1. The highest BCUT2D eigenvalue weighted by molar-refractivity contribution is 6.03. The molecule has 0 radical (unpaired) electrons. The Bertz CT molecular complexity index is 508. The minimum absolute atomic E-state index is 0.142. The predicted octanol–water partition coefficient (Wildman–Crippen LogP) is 1.08. The van der Waals surface area contributed by atoms with Gasteiger partial charge in [-0.2, -0.15) is 0 Å². The van der Waals surface area contributed by atoms with Crippen LogP contribution in [-0.2, 0) is 9.59 Å². The maximum absolute atomic E-state index is 11.4. The molecule has 0 saturated carbocycles. The molecule has 0 atom stereocenters. The number of rotatable bonds is 2. The van der Waals surface area contributed by atoms with Gasteiger partial charge in [0.25, 0.3) is 5.91 Å². The summed E-state index contributed by atoms with van der Waals surface area (Å²) in [5, 5.41) is 12.3. The zero-order chi connectivity index (χ0) is 12.4. The molecule has 0 spiro atoms. The summed E-state index contributed by atoms with van der Waals surface area (Å²) in [7, 11) is 0. The molecule has 0 aromatic heterocycles. The molecule has 0 aliphatic carbocycles. The average molecular weight is 232 g/mol. The molecule has 0 saturated heterocycles. The van der Waals surface area contributed by atoms with Crippen LogP contribution in [0.25, 0.3) is 0 Å². The Labute approximate surface area is 98.4 Å². The van der Waals surface area contributed by atoms with Crippen LogP contribution in [-0.4, -0.2) is 28.4 Å². The topological polar surface area (TPSA) is 69.6 Å². The number of amides is 2. The van der Waals surface area contributed by atoms with Gasteiger partial charge in [0.2, 0.25) is 5.91 Å². The van der Waals surface area contributed by atoms with Crippen molar-refractivity contribution in [3.8, 4) is 5.75 Å². The average Bonchev–Trinajstić information content (AvgIpc) is 2.59. The molecule has 17 heavy (non-hydrogen) atoms. The van der Waals surface area contributed by atoms with Crippen LogP contribution < -0.4 is 5.32 Å². The molecule has 0 bridgehead atoms. The Morgan fingerprint density at radius 2 is 2.24 bits per heavy atom. The second-order valence-electron chi connectivity index (χ2n) is 3.79. The Morgan fingerprint density at radius 3 is 2.82 bits per heavy atom. The number of benzene rings is 1. The lowest BCUT2D eigenvalue weighted by molar-refractivity contribution is -0.138. The number of phenols is 1. The molecule has 0 unspecified atom stereocenters. The number of imide groups is 1. The summed E-state index contributed by atoms with van der Waals surface area (Å²) in [5.74, 6) is -0.456. The molecule has 2 amide bonds. The fraction of sp³-hybridized carbons (Fsp3) is 0.167. The van der Waals surface area contributed by atoms with Gasteiger partial charge in [0.15, 0.2) is 0 Å². The molecule has 1 heterocycles. The Hall–Kier alpha value is -2.30. The molecule has 1 aliphatic heterocycles. The standard InChI is InChI=1S/C12H12N2O3/c1-8(15)14-7-10(6-12(14)17)13-9-3-2-4-11(16)5-9/h2-6,13,16H,7H2,1H3. The minimum atomic E-state index is -0.319. The third-order valence-corrected chi connectivity index (χ3v) is 2.42. The van der Waals surface area contributed by atoms with Crippen LogP contribution in [0.4, 0.5) is 5.69 Å². The van der Waals surface area contributed by atoms with E-state index in [-0.39, 0.29) is 24.1 Å². The highest BCUT2D eigenvalue weighted by Gasteiger charge is 2.24. The lowest BCUT2D eigenvalue weighted by Gasteiger charge is -2.12. The second kappa shape index (κ2) is 4.29. The van der Waals surface area contributed by atoms with Crippen molar-refractivity contribution in [2.45, 2.75) is 6.92 Å². The lowest BCUT2D eigenvalue weighted by atomic mass is 10.3. The first kappa shape index (κ1) is 11.2. The third-order valence-electron chi connectivity index (χ3n) is 2.42. The largest absolute Gasteiger partial charge is 0.508 e. The first-order valence-corrected chi connectivity index (χ1v) is 5.15. The summed E-state index contributed by atoms with van der Waals surface area (Å²) < 4.78 is 0. The normalized spacial score (nSPS) is 14.8.